The van der Waals surface area contributed by atoms with E-state index in [0.717, 1.165) is 6.42 Å². The minimum atomic E-state index is -0.0291. The topological polar surface area (TPSA) is 38.7 Å². The van der Waals surface area contributed by atoms with Gasteiger partial charge in [0.15, 0.2) is 0 Å². The number of rotatable bonds is 10. The van der Waals surface area contributed by atoms with Crippen LogP contribution in [0.2, 0.25) is 0 Å². The summed E-state index contributed by atoms with van der Waals surface area (Å²) in [5, 5.41) is 10.4. The zero-order valence-corrected chi connectivity index (χ0v) is 16.9. The molecule has 1 fully saturated rings. The number of hydrogen-bond acceptors (Lipinski definition) is 3. The van der Waals surface area contributed by atoms with Gasteiger partial charge in [0.25, 0.3) is 0 Å². The maximum Gasteiger partial charge on any atom is 0.146 e. The monoisotopic (exact) mass is 352 g/mol. The van der Waals surface area contributed by atoms with Crippen molar-refractivity contribution in [2.24, 2.45) is 29.1 Å². The van der Waals surface area contributed by atoms with E-state index in [2.05, 4.69) is 32.9 Å². The van der Waals surface area contributed by atoms with Gasteiger partial charge in [0.1, 0.15) is 6.79 Å². The first-order chi connectivity index (χ1) is 12.1. The molecule has 0 heterocycles. The second-order valence-electron chi connectivity index (χ2n) is 8.63. The summed E-state index contributed by atoms with van der Waals surface area (Å²) in [4.78, 5) is 0. The van der Waals surface area contributed by atoms with Gasteiger partial charge in [-0.3, -0.25) is 0 Å². The molecule has 6 atom stereocenters. The summed E-state index contributed by atoms with van der Waals surface area (Å²) in [6.45, 7) is 7.62. The molecule has 0 aromatic carbocycles. The zero-order valence-electron chi connectivity index (χ0n) is 16.9. The number of aliphatic hydroxyl groups excluding tert-OH is 1. The fourth-order valence-corrected chi connectivity index (χ4v) is 5.41. The molecule has 2 aliphatic carbocycles. The van der Waals surface area contributed by atoms with Crippen LogP contribution < -0.4 is 0 Å². The van der Waals surface area contributed by atoms with E-state index in [-0.39, 0.29) is 18.1 Å². The highest BCUT2D eigenvalue weighted by Crippen LogP contribution is 2.53. The van der Waals surface area contributed by atoms with Crippen LogP contribution in [0.4, 0.5) is 0 Å². The number of methoxy groups -OCH3 is 1. The molecule has 2 aliphatic rings. The number of allylic oxidation sites excluding steroid dienone is 1. The van der Waals surface area contributed by atoms with Gasteiger partial charge in [0.2, 0.25) is 0 Å². The van der Waals surface area contributed by atoms with E-state index >= 15 is 0 Å². The average Bonchev–Trinajstić information content (AvgIpc) is 2.63. The largest absolute Gasteiger partial charge is 0.396 e. The maximum absolute atomic E-state index is 10.4. The first kappa shape index (κ1) is 20.9. The van der Waals surface area contributed by atoms with Crippen LogP contribution in [-0.4, -0.2) is 31.7 Å². The molecule has 0 amide bonds. The van der Waals surface area contributed by atoms with Crippen LogP contribution in [0, 0.1) is 29.1 Å². The Balaban J connectivity index is 2.09. The Bertz CT molecular complexity index is 408. The Morgan fingerprint density at radius 2 is 2.00 bits per heavy atom. The normalized spacial score (nSPS) is 36.2. The Hall–Kier alpha value is -0.380. The van der Waals surface area contributed by atoms with E-state index in [1.807, 2.05) is 0 Å². The third-order valence-corrected chi connectivity index (χ3v) is 6.91. The molecule has 0 bridgehead atoms. The molecule has 1 saturated carbocycles. The number of fused-ring (bicyclic) bond motifs is 1. The highest BCUT2D eigenvalue weighted by Gasteiger charge is 2.50. The quantitative estimate of drug-likeness (QED) is 0.334. The fourth-order valence-electron chi connectivity index (χ4n) is 5.41. The van der Waals surface area contributed by atoms with Crippen molar-refractivity contribution in [1.82, 2.24) is 0 Å². The van der Waals surface area contributed by atoms with E-state index in [9.17, 15) is 5.11 Å². The van der Waals surface area contributed by atoms with Gasteiger partial charge < -0.3 is 14.6 Å². The lowest BCUT2D eigenvalue weighted by molar-refractivity contribution is -0.130. The number of aliphatic hydroxyl groups is 1. The van der Waals surface area contributed by atoms with Crippen LogP contribution in [0.25, 0.3) is 0 Å². The van der Waals surface area contributed by atoms with Crippen molar-refractivity contribution in [2.75, 3.05) is 20.5 Å². The summed E-state index contributed by atoms with van der Waals surface area (Å²) in [7, 11) is 1.69. The molecule has 1 N–H and O–H groups in total. The van der Waals surface area contributed by atoms with Crippen molar-refractivity contribution in [3.8, 4) is 0 Å². The van der Waals surface area contributed by atoms with Gasteiger partial charge in [0.05, 0.1) is 6.10 Å². The highest BCUT2D eigenvalue weighted by molar-refractivity contribution is 5.14. The van der Waals surface area contributed by atoms with Crippen molar-refractivity contribution < 1.29 is 14.6 Å². The van der Waals surface area contributed by atoms with Gasteiger partial charge in [-0.25, -0.2) is 0 Å². The standard InChI is InChI=1S/C22H40O3/c1-5-6-7-8-10-17(2)19-14-13-18-20(22(19,3)15-23)11-9-12-21(18)25-16-24-4/h13-14,17-21,23H,5-12,15-16H2,1-4H3/t17-,18?,19?,20?,21?,22?/m1/s1. The Morgan fingerprint density at radius 3 is 2.68 bits per heavy atom. The lowest BCUT2D eigenvalue weighted by Gasteiger charge is -2.53. The Morgan fingerprint density at radius 1 is 1.20 bits per heavy atom. The van der Waals surface area contributed by atoms with Crippen molar-refractivity contribution in [3.05, 3.63) is 12.2 Å². The maximum atomic E-state index is 10.4. The van der Waals surface area contributed by atoms with E-state index in [0.29, 0.717) is 30.5 Å². The van der Waals surface area contributed by atoms with Crippen LogP contribution in [-0.2, 0) is 9.47 Å². The fraction of sp³-hybridized carbons (Fsp3) is 0.909. The Labute approximate surface area is 155 Å². The summed E-state index contributed by atoms with van der Waals surface area (Å²) in [5.41, 5.74) is -0.0291. The van der Waals surface area contributed by atoms with E-state index in [1.165, 1.54) is 44.9 Å². The first-order valence-corrected chi connectivity index (χ1v) is 10.5. The van der Waals surface area contributed by atoms with Gasteiger partial charge >= 0.3 is 0 Å². The van der Waals surface area contributed by atoms with Crippen molar-refractivity contribution in [3.63, 3.8) is 0 Å². The average molecular weight is 353 g/mol. The smallest absolute Gasteiger partial charge is 0.146 e. The van der Waals surface area contributed by atoms with E-state index < -0.39 is 0 Å². The van der Waals surface area contributed by atoms with E-state index in [4.69, 9.17) is 9.47 Å². The Kier molecular flexibility index (Phi) is 8.44. The summed E-state index contributed by atoms with van der Waals surface area (Å²) < 4.78 is 11.1. The van der Waals surface area contributed by atoms with Crippen molar-refractivity contribution in [2.45, 2.75) is 78.2 Å². The summed E-state index contributed by atoms with van der Waals surface area (Å²) in [6.07, 6.45) is 15.1. The summed E-state index contributed by atoms with van der Waals surface area (Å²) in [5.74, 6) is 2.04. The van der Waals surface area contributed by atoms with Crippen molar-refractivity contribution >= 4 is 0 Å². The molecule has 0 radical (unpaired) electrons. The van der Waals surface area contributed by atoms with Gasteiger partial charge in [0, 0.05) is 25.0 Å². The van der Waals surface area contributed by atoms with Crippen LogP contribution in [0.5, 0.6) is 0 Å². The molecule has 3 nitrogen and oxygen atoms in total. The van der Waals surface area contributed by atoms with Crippen LogP contribution >= 0.6 is 0 Å². The van der Waals surface area contributed by atoms with E-state index in [1.54, 1.807) is 7.11 Å². The number of ether oxygens (including phenoxy) is 2. The minimum Gasteiger partial charge on any atom is -0.396 e. The molecule has 2 rings (SSSR count). The van der Waals surface area contributed by atoms with Gasteiger partial charge in [-0.2, -0.15) is 0 Å². The molecule has 25 heavy (non-hydrogen) atoms. The molecule has 0 aromatic heterocycles. The van der Waals surface area contributed by atoms with Gasteiger partial charge in [-0.05, 0) is 30.6 Å². The molecule has 146 valence electrons. The summed E-state index contributed by atoms with van der Waals surface area (Å²) in [6, 6.07) is 0. The summed E-state index contributed by atoms with van der Waals surface area (Å²) >= 11 is 0. The molecular weight excluding hydrogens is 312 g/mol. The minimum absolute atomic E-state index is 0.0291. The van der Waals surface area contributed by atoms with Crippen LogP contribution in [0.1, 0.15) is 72.1 Å². The van der Waals surface area contributed by atoms with Gasteiger partial charge in [-0.15, -0.1) is 0 Å². The predicted molar refractivity (Wildman–Crippen MR) is 103 cm³/mol. The lowest BCUT2D eigenvalue weighted by atomic mass is 9.53. The van der Waals surface area contributed by atoms with Gasteiger partial charge in [-0.1, -0.05) is 71.4 Å². The molecule has 0 aromatic rings. The second-order valence-corrected chi connectivity index (χ2v) is 8.63. The third kappa shape index (κ3) is 4.87. The first-order valence-electron chi connectivity index (χ1n) is 10.5. The molecule has 0 aliphatic heterocycles. The highest BCUT2D eigenvalue weighted by atomic mass is 16.7. The SMILES string of the molecule is CCCCCC[C@@H](C)C1C=CC2C(OCOC)CCCC2C1(C)CO. The van der Waals surface area contributed by atoms with Crippen LogP contribution in [0.15, 0.2) is 12.2 Å². The zero-order chi connectivity index (χ0) is 18.3. The molecular formula is C22H40O3. The molecule has 5 unspecified atom stereocenters. The number of unbranched alkanes of at least 4 members (excludes halogenated alkanes) is 3. The van der Waals surface area contributed by atoms with Crippen LogP contribution in [0.3, 0.4) is 0 Å². The predicted octanol–water partition coefficient (Wildman–Crippen LogP) is 5.18. The molecule has 0 spiro atoms. The molecule has 3 heteroatoms. The lowest BCUT2D eigenvalue weighted by Crippen LogP contribution is -2.50. The van der Waals surface area contributed by atoms with Crippen molar-refractivity contribution in [1.29, 1.82) is 0 Å². The second kappa shape index (κ2) is 10.1. The third-order valence-electron chi connectivity index (χ3n) is 6.91. The number of hydrogen-bond donors (Lipinski definition) is 1. The molecule has 0 saturated heterocycles.